The number of nitrogens with one attached hydrogen (secondary N) is 1. The van der Waals surface area contributed by atoms with E-state index >= 15 is 0 Å². The molecular weight excluding hydrogens is 225 g/mol. The van der Waals surface area contributed by atoms with Crippen LogP contribution in [0.1, 0.15) is 45.6 Å². The molecule has 18 heavy (non-hydrogen) atoms. The fourth-order valence-corrected chi connectivity index (χ4v) is 2.59. The van der Waals surface area contributed by atoms with E-state index < -0.39 is 0 Å². The van der Waals surface area contributed by atoms with E-state index in [2.05, 4.69) is 26.1 Å². The lowest BCUT2D eigenvalue weighted by Gasteiger charge is -2.44. The highest BCUT2D eigenvalue weighted by Gasteiger charge is 2.38. The van der Waals surface area contributed by atoms with E-state index in [9.17, 15) is 4.39 Å². The predicted octanol–water partition coefficient (Wildman–Crippen LogP) is 3.93. The first-order valence-electron chi connectivity index (χ1n) is 6.89. The van der Waals surface area contributed by atoms with Crippen LogP contribution in [0.15, 0.2) is 24.3 Å². The van der Waals surface area contributed by atoms with Crippen molar-refractivity contribution in [3.63, 3.8) is 0 Å². The SMILES string of the molecule is CC(C)(C)NCC1(Cc2ccccc2F)CCC1. The largest absolute Gasteiger partial charge is 0.312 e. The Morgan fingerprint density at radius 3 is 2.39 bits per heavy atom. The van der Waals surface area contributed by atoms with Gasteiger partial charge in [-0.15, -0.1) is 0 Å². The van der Waals surface area contributed by atoms with Gasteiger partial charge in [-0.25, -0.2) is 4.39 Å². The van der Waals surface area contributed by atoms with Crippen LogP contribution in [0.5, 0.6) is 0 Å². The third kappa shape index (κ3) is 3.32. The third-order valence-corrected chi connectivity index (χ3v) is 3.93. The van der Waals surface area contributed by atoms with Gasteiger partial charge in [0.25, 0.3) is 0 Å². The molecule has 1 aromatic carbocycles. The van der Waals surface area contributed by atoms with Gasteiger partial charge < -0.3 is 5.32 Å². The summed E-state index contributed by atoms with van der Waals surface area (Å²) in [6.45, 7) is 7.54. The molecule has 1 nitrogen and oxygen atoms in total. The Balaban J connectivity index is 2.03. The van der Waals surface area contributed by atoms with E-state index in [1.807, 2.05) is 12.1 Å². The van der Waals surface area contributed by atoms with Gasteiger partial charge >= 0.3 is 0 Å². The van der Waals surface area contributed by atoms with Crippen LogP contribution in [0.4, 0.5) is 4.39 Å². The average molecular weight is 249 g/mol. The summed E-state index contributed by atoms with van der Waals surface area (Å²) in [6, 6.07) is 7.19. The number of benzene rings is 1. The first-order valence-corrected chi connectivity index (χ1v) is 6.89. The summed E-state index contributed by atoms with van der Waals surface area (Å²) in [5, 5.41) is 3.58. The van der Waals surface area contributed by atoms with Crippen LogP contribution in [-0.2, 0) is 6.42 Å². The Morgan fingerprint density at radius 2 is 1.89 bits per heavy atom. The van der Waals surface area contributed by atoms with Crippen LogP contribution in [0.2, 0.25) is 0 Å². The van der Waals surface area contributed by atoms with E-state index in [0.29, 0.717) is 0 Å². The summed E-state index contributed by atoms with van der Waals surface area (Å²) in [5.74, 6) is -0.0560. The van der Waals surface area contributed by atoms with Crippen LogP contribution in [0, 0.1) is 11.2 Å². The molecule has 1 fully saturated rings. The maximum Gasteiger partial charge on any atom is 0.126 e. The second-order valence-electron chi connectivity index (χ2n) is 6.73. The normalized spacial score (nSPS) is 18.4. The molecule has 0 aliphatic heterocycles. The molecule has 1 aromatic rings. The molecule has 2 heteroatoms. The van der Waals surface area contributed by atoms with Crippen molar-refractivity contribution in [2.24, 2.45) is 5.41 Å². The highest BCUT2D eigenvalue weighted by atomic mass is 19.1. The maximum atomic E-state index is 13.7. The second kappa shape index (κ2) is 5.00. The standard InChI is InChI=1S/C16H24FN/c1-15(2,3)18-12-16(9-6-10-16)11-13-7-4-5-8-14(13)17/h4-5,7-8,18H,6,9-12H2,1-3H3. The molecule has 1 saturated carbocycles. The molecule has 0 saturated heterocycles. The smallest absolute Gasteiger partial charge is 0.126 e. The molecule has 0 atom stereocenters. The second-order valence-corrected chi connectivity index (χ2v) is 6.73. The molecule has 2 rings (SSSR count). The topological polar surface area (TPSA) is 12.0 Å². The van der Waals surface area contributed by atoms with Crippen LogP contribution in [0.25, 0.3) is 0 Å². The van der Waals surface area contributed by atoms with Crippen LogP contribution < -0.4 is 5.32 Å². The zero-order valence-corrected chi connectivity index (χ0v) is 11.7. The molecule has 0 unspecified atom stereocenters. The summed E-state index contributed by atoms with van der Waals surface area (Å²) in [5.41, 5.74) is 1.28. The van der Waals surface area contributed by atoms with Crippen molar-refractivity contribution >= 4 is 0 Å². The zero-order chi connectivity index (χ0) is 13.2. The third-order valence-electron chi connectivity index (χ3n) is 3.93. The molecule has 0 aromatic heterocycles. The Kier molecular flexibility index (Phi) is 3.76. The highest BCUT2D eigenvalue weighted by Crippen LogP contribution is 2.43. The quantitative estimate of drug-likeness (QED) is 0.852. The molecule has 0 heterocycles. The Labute approximate surface area is 110 Å². The summed E-state index contributed by atoms with van der Waals surface area (Å²) >= 11 is 0. The van der Waals surface area contributed by atoms with Gasteiger partial charge in [0.05, 0.1) is 0 Å². The summed E-state index contributed by atoms with van der Waals surface area (Å²) in [7, 11) is 0. The lowest BCUT2D eigenvalue weighted by Crippen LogP contribution is -2.48. The minimum atomic E-state index is -0.0560. The van der Waals surface area contributed by atoms with E-state index in [1.165, 1.54) is 19.3 Å². The summed E-state index contributed by atoms with van der Waals surface area (Å²) < 4.78 is 13.7. The van der Waals surface area contributed by atoms with Gasteiger partial charge in [-0.1, -0.05) is 24.6 Å². The minimum Gasteiger partial charge on any atom is -0.312 e. The molecule has 1 aliphatic rings. The number of hydrogen-bond donors (Lipinski definition) is 1. The zero-order valence-electron chi connectivity index (χ0n) is 11.7. The Morgan fingerprint density at radius 1 is 1.22 bits per heavy atom. The minimum absolute atomic E-state index is 0.0560. The lowest BCUT2D eigenvalue weighted by atomic mass is 9.65. The number of rotatable bonds is 4. The van der Waals surface area contributed by atoms with Gasteiger partial charge in [0, 0.05) is 12.1 Å². The van der Waals surface area contributed by atoms with Crippen LogP contribution >= 0.6 is 0 Å². The number of hydrogen-bond acceptors (Lipinski definition) is 1. The van der Waals surface area contributed by atoms with Crippen molar-refractivity contribution in [2.45, 2.75) is 52.0 Å². The van der Waals surface area contributed by atoms with Gasteiger partial charge in [0.1, 0.15) is 5.82 Å². The highest BCUT2D eigenvalue weighted by molar-refractivity contribution is 5.20. The van der Waals surface area contributed by atoms with Crippen LogP contribution in [-0.4, -0.2) is 12.1 Å². The van der Waals surface area contributed by atoms with Gasteiger partial charge in [-0.05, 0) is 57.1 Å². The first kappa shape index (κ1) is 13.5. The monoisotopic (exact) mass is 249 g/mol. The van der Waals surface area contributed by atoms with Gasteiger partial charge in [0.2, 0.25) is 0 Å². The predicted molar refractivity (Wildman–Crippen MR) is 74.1 cm³/mol. The summed E-state index contributed by atoms with van der Waals surface area (Å²) in [4.78, 5) is 0. The van der Waals surface area contributed by atoms with Crippen LogP contribution in [0.3, 0.4) is 0 Å². The molecular formula is C16H24FN. The fraction of sp³-hybridized carbons (Fsp3) is 0.625. The van der Waals surface area contributed by atoms with Gasteiger partial charge in [-0.2, -0.15) is 0 Å². The fourth-order valence-electron chi connectivity index (χ4n) is 2.59. The Hall–Kier alpha value is -0.890. The van der Waals surface area contributed by atoms with E-state index in [0.717, 1.165) is 18.5 Å². The molecule has 1 aliphatic carbocycles. The van der Waals surface area contributed by atoms with E-state index in [1.54, 1.807) is 12.1 Å². The van der Waals surface area contributed by atoms with Crippen molar-refractivity contribution < 1.29 is 4.39 Å². The van der Waals surface area contributed by atoms with Crippen molar-refractivity contribution in [2.75, 3.05) is 6.54 Å². The number of halogens is 1. The van der Waals surface area contributed by atoms with Gasteiger partial charge in [-0.3, -0.25) is 0 Å². The molecule has 0 bridgehead atoms. The molecule has 0 spiro atoms. The van der Waals surface area contributed by atoms with E-state index in [4.69, 9.17) is 0 Å². The average Bonchev–Trinajstić information content (AvgIpc) is 2.23. The van der Waals surface area contributed by atoms with E-state index in [-0.39, 0.29) is 16.8 Å². The summed E-state index contributed by atoms with van der Waals surface area (Å²) in [6.07, 6.45) is 4.57. The lowest BCUT2D eigenvalue weighted by molar-refractivity contribution is 0.117. The van der Waals surface area contributed by atoms with Crippen molar-refractivity contribution in [3.05, 3.63) is 35.6 Å². The molecule has 0 radical (unpaired) electrons. The first-order chi connectivity index (χ1) is 8.40. The van der Waals surface area contributed by atoms with Crippen molar-refractivity contribution in [1.29, 1.82) is 0 Å². The van der Waals surface area contributed by atoms with Crippen molar-refractivity contribution in [1.82, 2.24) is 5.32 Å². The van der Waals surface area contributed by atoms with Gasteiger partial charge in [0.15, 0.2) is 0 Å². The Bertz CT molecular complexity index is 402. The van der Waals surface area contributed by atoms with Crippen molar-refractivity contribution in [3.8, 4) is 0 Å². The maximum absolute atomic E-state index is 13.7. The molecule has 100 valence electrons. The molecule has 1 N–H and O–H groups in total. The molecule has 0 amide bonds.